The zero-order valence-corrected chi connectivity index (χ0v) is 26.6. The second kappa shape index (κ2) is 10.7. The predicted molar refractivity (Wildman–Crippen MR) is 168 cm³/mol. The summed E-state index contributed by atoms with van der Waals surface area (Å²) >= 11 is 2.83. The van der Waals surface area contributed by atoms with Crippen molar-refractivity contribution in [3.63, 3.8) is 0 Å². The van der Waals surface area contributed by atoms with Crippen LogP contribution < -0.4 is 0 Å². The SMILES string of the molecule is Cc1nnsc1C(=O)C1([SiH](C)C)C(=O)N(C(C)(C)C)C1SC(c1ccccc1)(c1ccccc1)c1ccccc1. The number of amides is 1. The van der Waals surface area contributed by atoms with E-state index in [-0.39, 0.29) is 17.1 Å². The summed E-state index contributed by atoms with van der Waals surface area (Å²) < 4.78 is 3.39. The van der Waals surface area contributed by atoms with Crippen LogP contribution in [0.15, 0.2) is 91.0 Å². The van der Waals surface area contributed by atoms with E-state index in [4.69, 9.17) is 0 Å². The van der Waals surface area contributed by atoms with Crippen molar-refractivity contribution >= 4 is 43.8 Å². The molecular formula is C32H35N3O2S2Si. The van der Waals surface area contributed by atoms with E-state index in [0.29, 0.717) is 10.6 Å². The number of rotatable bonds is 8. The van der Waals surface area contributed by atoms with Gasteiger partial charge in [0.05, 0.1) is 24.6 Å². The van der Waals surface area contributed by atoms with Gasteiger partial charge < -0.3 is 4.90 Å². The minimum Gasteiger partial charge on any atom is -0.324 e. The molecule has 1 aliphatic heterocycles. The molecular weight excluding hydrogens is 551 g/mol. The predicted octanol–water partition coefficient (Wildman–Crippen LogP) is 6.95. The molecule has 40 heavy (non-hydrogen) atoms. The number of hydrogen-bond donors (Lipinski definition) is 0. The molecule has 0 radical (unpaired) electrons. The van der Waals surface area contributed by atoms with Gasteiger partial charge in [-0.05, 0) is 55.9 Å². The summed E-state index contributed by atoms with van der Waals surface area (Å²) in [5.41, 5.74) is 3.43. The monoisotopic (exact) mass is 585 g/mol. The Morgan fingerprint density at radius 1 is 0.875 bits per heavy atom. The third-order valence-corrected chi connectivity index (χ3v) is 13.5. The van der Waals surface area contributed by atoms with E-state index in [1.165, 1.54) is 0 Å². The van der Waals surface area contributed by atoms with Gasteiger partial charge in [0.2, 0.25) is 5.91 Å². The number of thioether (sulfide) groups is 1. The maximum atomic E-state index is 14.6. The first-order chi connectivity index (χ1) is 19.1. The van der Waals surface area contributed by atoms with E-state index in [9.17, 15) is 9.59 Å². The Morgan fingerprint density at radius 2 is 1.32 bits per heavy atom. The molecule has 1 fully saturated rings. The number of nitrogens with zero attached hydrogens (tertiary/aromatic N) is 3. The molecule has 2 heterocycles. The van der Waals surface area contributed by atoms with Gasteiger partial charge in [0.1, 0.15) is 9.92 Å². The summed E-state index contributed by atoms with van der Waals surface area (Å²) in [7, 11) is -1.94. The minimum absolute atomic E-state index is 0.0694. The van der Waals surface area contributed by atoms with E-state index in [1.807, 2.05) is 23.1 Å². The second-order valence-corrected chi connectivity index (χ2v) is 16.9. The third-order valence-electron chi connectivity index (χ3n) is 7.89. The van der Waals surface area contributed by atoms with Gasteiger partial charge >= 0.3 is 0 Å². The molecule has 0 N–H and O–H groups in total. The molecule has 8 heteroatoms. The van der Waals surface area contributed by atoms with Crippen molar-refractivity contribution in [2.75, 3.05) is 0 Å². The molecule has 0 saturated carbocycles. The number of aryl methyl sites for hydroxylation is 1. The highest BCUT2D eigenvalue weighted by Gasteiger charge is 2.71. The lowest BCUT2D eigenvalue weighted by Crippen LogP contribution is -2.75. The lowest BCUT2D eigenvalue weighted by atomic mass is 9.83. The van der Waals surface area contributed by atoms with Crippen molar-refractivity contribution in [3.8, 4) is 0 Å². The first kappa shape index (κ1) is 28.5. The summed E-state index contributed by atoms with van der Waals surface area (Å²) in [6.07, 6.45) is 0. The number of Topliss-reactive ketones (excluding diaryl/α,β-unsaturated/α-hetero) is 1. The van der Waals surface area contributed by atoms with Crippen LogP contribution in [0.5, 0.6) is 0 Å². The molecule has 2 unspecified atom stereocenters. The summed E-state index contributed by atoms with van der Waals surface area (Å²) in [5.74, 6) is -0.187. The molecule has 1 aromatic heterocycles. The number of ketones is 1. The topological polar surface area (TPSA) is 63.2 Å². The van der Waals surface area contributed by atoms with Crippen LogP contribution in [-0.2, 0) is 9.54 Å². The zero-order chi connectivity index (χ0) is 28.7. The van der Waals surface area contributed by atoms with Gasteiger partial charge in [0.15, 0.2) is 5.78 Å². The largest absolute Gasteiger partial charge is 0.324 e. The summed E-state index contributed by atoms with van der Waals surface area (Å²) in [4.78, 5) is 31.4. The minimum atomic E-state index is -1.94. The number of carbonyl (C=O) groups is 2. The number of likely N-dealkylation sites (tertiary alicyclic amines) is 1. The lowest BCUT2D eigenvalue weighted by molar-refractivity contribution is -0.153. The molecule has 4 aromatic rings. The van der Waals surface area contributed by atoms with Gasteiger partial charge in [-0.15, -0.1) is 16.9 Å². The number of benzene rings is 3. The Labute approximate surface area is 246 Å². The van der Waals surface area contributed by atoms with E-state index in [0.717, 1.165) is 28.2 Å². The third kappa shape index (κ3) is 4.37. The Bertz CT molecular complexity index is 1410. The fourth-order valence-electron chi connectivity index (χ4n) is 5.87. The van der Waals surface area contributed by atoms with Crippen molar-refractivity contribution in [2.45, 2.75) is 61.5 Å². The van der Waals surface area contributed by atoms with Crippen molar-refractivity contribution < 1.29 is 9.59 Å². The fraction of sp³-hybridized carbons (Fsp3) is 0.312. The number of aromatic nitrogens is 2. The second-order valence-electron chi connectivity index (χ2n) is 11.6. The standard InChI is InChI=1S/C32H35N3O2S2Si/c1-22-26(39-34-33-22)27(36)32(40(5)6)28(37)35(30(2,3)4)29(32)38-31(23-16-10-7-11-17-23,24-18-12-8-13-19-24)25-20-14-9-15-21-25/h7-21,29,40H,1-6H3. The van der Waals surface area contributed by atoms with Crippen LogP contribution in [0.4, 0.5) is 0 Å². The number of carbonyl (C=O) groups excluding carboxylic acids is 2. The molecule has 1 amide bonds. The summed E-state index contributed by atoms with van der Waals surface area (Å²) in [5, 5.41) is 2.62. The van der Waals surface area contributed by atoms with Crippen LogP contribution >= 0.6 is 23.3 Å². The van der Waals surface area contributed by atoms with Gasteiger partial charge in [-0.2, -0.15) is 0 Å². The Hall–Kier alpha value is -3.07. The van der Waals surface area contributed by atoms with Crippen LogP contribution in [0.25, 0.3) is 0 Å². The van der Waals surface area contributed by atoms with E-state index in [2.05, 4.69) is 116 Å². The van der Waals surface area contributed by atoms with Crippen molar-refractivity contribution in [3.05, 3.63) is 118 Å². The Balaban J connectivity index is 1.80. The van der Waals surface area contributed by atoms with Gasteiger partial charge in [0, 0.05) is 5.54 Å². The Kier molecular flexibility index (Phi) is 7.63. The van der Waals surface area contributed by atoms with Gasteiger partial charge in [0.25, 0.3) is 0 Å². The number of hydrogen-bond acceptors (Lipinski definition) is 6. The maximum Gasteiger partial charge on any atom is 0.237 e. The summed E-state index contributed by atoms with van der Waals surface area (Å²) in [6, 6.07) is 31.4. The molecule has 1 saturated heterocycles. The molecule has 5 rings (SSSR count). The van der Waals surface area contributed by atoms with Gasteiger partial charge in [-0.3, -0.25) is 9.59 Å². The van der Waals surface area contributed by atoms with Gasteiger partial charge in [-0.1, -0.05) is 109 Å². The van der Waals surface area contributed by atoms with Crippen molar-refractivity contribution in [1.82, 2.24) is 14.5 Å². The lowest BCUT2D eigenvalue weighted by Gasteiger charge is -2.62. The first-order valence-corrected chi connectivity index (χ1v) is 18.1. The molecule has 5 nitrogen and oxygen atoms in total. The van der Waals surface area contributed by atoms with Gasteiger partial charge in [-0.25, -0.2) is 0 Å². The van der Waals surface area contributed by atoms with E-state index < -0.39 is 24.1 Å². The van der Waals surface area contributed by atoms with Crippen LogP contribution in [0.3, 0.4) is 0 Å². The van der Waals surface area contributed by atoms with Crippen LogP contribution in [-0.4, -0.2) is 45.9 Å². The first-order valence-electron chi connectivity index (χ1n) is 13.6. The molecule has 0 bridgehead atoms. The maximum absolute atomic E-state index is 14.6. The quantitative estimate of drug-likeness (QED) is 0.0736. The van der Waals surface area contributed by atoms with Crippen molar-refractivity contribution in [2.24, 2.45) is 0 Å². The molecule has 3 aromatic carbocycles. The molecule has 0 spiro atoms. The van der Waals surface area contributed by atoms with Crippen molar-refractivity contribution in [1.29, 1.82) is 0 Å². The van der Waals surface area contributed by atoms with Crippen LogP contribution in [0.2, 0.25) is 18.1 Å². The highest BCUT2D eigenvalue weighted by Crippen LogP contribution is 2.64. The molecule has 2 atom stereocenters. The van der Waals surface area contributed by atoms with Crippen LogP contribution in [0, 0.1) is 6.92 Å². The van der Waals surface area contributed by atoms with Crippen LogP contribution in [0.1, 0.15) is 52.8 Å². The number of β-lactam (4-membered cyclic amide) rings is 1. The van der Waals surface area contributed by atoms with E-state index >= 15 is 0 Å². The molecule has 0 aliphatic carbocycles. The van der Waals surface area contributed by atoms with E-state index in [1.54, 1.807) is 18.7 Å². The summed E-state index contributed by atoms with van der Waals surface area (Å²) in [6.45, 7) is 12.2. The smallest absolute Gasteiger partial charge is 0.237 e. The fourth-order valence-corrected chi connectivity index (χ4v) is 11.8. The normalized spacial score (nSPS) is 19.5. The highest BCUT2D eigenvalue weighted by molar-refractivity contribution is 8.01. The average Bonchev–Trinajstić information content (AvgIpc) is 3.37. The average molecular weight is 586 g/mol. The Morgan fingerprint density at radius 3 is 1.68 bits per heavy atom. The zero-order valence-electron chi connectivity index (χ0n) is 23.8. The molecule has 206 valence electrons. The molecule has 1 aliphatic rings. The highest BCUT2D eigenvalue weighted by atomic mass is 32.2.